The van der Waals surface area contributed by atoms with Crippen molar-refractivity contribution in [2.75, 3.05) is 13.2 Å². The van der Waals surface area contributed by atoms with Crippen LogP contribution in [0.5, 0.6) is 17.2 Å². The number of carbonyl (C=O) groups excluding carboxylic acids is 3. The predicted octanol–water partition coefficient (Wildman–Crippen LogP) is 5.58. The molecule has 0 N–H and O–H groups in total. The molecule has 0 atom stereocenters. The third-order valence-corrected chi connectivity index (χ3v) is 5.07. The van der Waals surface area contributed by atoms with Gasteiger partial charge in [0.1, 0.15) is 17.2 Å². The normalized spacial score (nSPS) is 10.3. The molecule has 186 valence electrons. The monoisotopic (exact) mass is 488 g/mol. The summed E-state index contributed by atoms with van der Waals surface area (Å²) in [6.07, 6.45) is 1.43. The molecule has 0 aromatic heterocycles. The third-order valence-electron chi connectivity index (χ3n) is 5.07. The molecule has 0 fully saturated rings. The maximum absolute atomic E-state index is 12.4. The van der Waals surface area contributed by atoms with Crippen molar-refractivity contribution in [3.8, 4) is 17.2 Å². The summed E-state index contributed by atoms with van der Waals surface area (Å²) < 4.78 is 21.3. The average Bonchev–Trinajstić information content (AvgIpc) is 2.89. The van der Waals surface area contributed by atoms with E-state index in [2.05, 4.69) is 13.5 Å². The summed E-state index contributed by atoms with van der Waals surface area (Å²) in [5, 5.41) is 0. The Morgan fingerprint density at radius 1 is 0.694 bits per heavy atom. The van der Waals surface area contributed by atoms with Gasteiger partial charge < -0.3 is 18.9 Å². The first-order chi connectivity index (χ1) is 17.4. The van der Waals surface area contributed by atoms with Gasteiger partial charge in [-0.05, 0) is 79.6 Å². The summed E-state index contributed by atoms with van der Waals surface area (Å²) in [5.41, 5.74) is 2.19. The lowest BCUT2D eigenvalue weighted by Gasteiger charge is -2.09. The van der Waals surface area contributed by atoms with Gasteiger partial charge in [-0.1, -0.05) is 25.6 Å². The Kier molecular flexibility index (Phi) is 9.40. The predicted molar refractivity (Wildman–Crippen MR) is 135 cm³/mol. The van der Waals surface area contributed by atoms with Crippen LogP contribution in [0.1, 0.15) is 46.5 Å². The minimum Gasteiger partial charge on any atom is -0.493 e. The van der Waals surface area contributed by atoms with Crippen molar-refractivity contribution in [1.29, 1.82) is 0 Å². The summed E-state index contributed by atoms with van der Waals surface area (Å²) in [6.45, 7) is 7.75. The second kappa shape index (κ2) is 12.9. The molecule has 7 heteroatoms. The number of esters is 3. The van der Waals surface area contributed by atoms with Crippen LogP contribution in [-0.2, 0) is 16.0 Å². The molecule has 0 unspecified atom stereocenters. The standard InChI is InChI=1S/C29H28O7/c1-4-21-6-12-25(13-7-21)35-29(32)23-10-16-26(17-11-23)36-28(31)22-8-14-24(15-9-22)33-18-5-19-34-27(30)20(2)3/h6-17H,2,4-5,18-19H2,1,3H3. The molecule has 3 rings (SSSR count). The van der Waals surface area contributed by atoms with E-state index in [1.54, 1.807) is 43.3 Å². The average molecular weight is 489 g/mol. The Morgan fingerprint density at radius 3 is 1.64 bits per heavy atom. The van der Waals surface area contributed by atoms with E-state index in [0.717, 1.165) is 12.0 Å². The molecular formula is C29H28O7. The first-order valence-electron chi connectivity index (χ1n) is 11.5. The molecule has 0 spiro atoms. The minimum absolute atomic E-state index is 0.235. The van der Waals surface area contributed by atoms with Gasteiger partial charge in [-0.25, -0.2) is 14.4 Å². The molecule has 0 aliphatic rings. The van der Waals surface area contributed by atoms with Crippen LogP contribution in [-0.4, -0.2) is 31.1 Å². The van der Waals surface area contributed by atoms with Gasteiger partial charge in [-0.3, -0.25) is 0 Å². The van der Waals surface area contributed by atoms with E-state index < -0.39 is 17.9 Å². The van der Waals surface area contributed by atoms with Crippen LogP contribution in [0.3, 0.4) is 0 Å². The molecule has 0 aliphatic heterocycles. The van der Waals surface area contributed by atoms with Crippen LogP contribution in [0.4, 0.5) is 0 Å². The van der Waals surface area contributed by atoms with Crippen molar-refractivity contribution < 1.29 is 33.3 Å². The van der Waals surface area contributed by atoms with E-state index in [4.69, 9.17) is 18.9 Å². The highest BCUT2D eigenvalue weighted by Gasteiger charge is 2.12. The van der Waals surface area contributed by atoms with E-state index in [0.29, 0.717) is 47.0 Å². The molecule has 36 heavy (non-hydrogen) atoms. The fraction of sp³-hybridized carbons (Fsp3) is 0.207. The first-order valence-corrected chi connectivity index (χ1v) is 11.5. The SMILES string of the molecule is C=C(C)C(=O)OCCCOc1ccc(C(=O)Oc2ccc(C(=O)Oc3ccc(CC)cc3)cc2)cc1. The van der Waals surface area contributed by atoms with Crippen molar-refractivity contribution in [1.82, 2.24) is 0 Å². The highest BCUT2D eigenvalue weighted by Crippen LogP contribution is 2.19. The molecule has 0 bridgehead atoms. The van der Waals surface area contributed by atoms with Crippen molar-refractivity contribution in [2.45, 2.75) is 26.7 Å². The molecule has 0 saturated carbocycles. The number of rotatable bonds is 11. The Hall–Kier alpha value is -4.39. The van der Waals surface area contributed by atoms with Crippen LogP contribution < -0.4 is 14.2 Å². The number of carbonyl (C=O) groups is 3. The van der Waals surface area contributed by atoms with Gasteiger partial charge in [0, 0.05) is 12.0 Å². The van der Waals surface area contributed by atoms with Crippen LogP contribution in [0.25, 0.3) is 0 Å². The molecule has 0 radical (unpaired) electrons. The smallest absolute Gasteiger partial charge is 0.343 e. The molecule has 7 nitrogen and oxygen atoms in total. The van der Waals surface area contributed by atoms with Crippen molar-refractivity contribution >= 4 is 17.9 Å². The zero-order valence-electron chi connectivity index (χ0n) is 20.3. The number of hydrogen-bond acceptors (Lipinski definition) is 7. The summed E-state index contributed by atoms with van der Waals surface area (Å²) in [4.78, 5) is 36.1. The van der Waals surface area contributed by atoms with Gasteiger partial charge in [0.05, 0.1) is 24.3 Å². The van der Waals surface area contributed by atoms with E-state index in [1.165, 1.54) is 24.3 Å². The number of ether oxygens (including phenoxy) is 4. The first kappa shape index (κ1) is 26.2. The van der Waals surface area contributed by atoms with E-state index >= 15 is 0 Å². The lowest BCUT2D eigenvalue weighted by Crippen LogP contribution is -2.10. The second-order valence-electron chi connectivity index (χ2n) is 7.94. The van der Waals surface area contributed by atoms with E-state index in [-0.39, 0.29) is 6.61 Å². The zero-order chi connectivity index (χ0) is 25.9. The lowest BCUT2D eigenvalue weighted by molar-refractivity contribution is -0.139. The van der Waals surface area contributed by atoms with Gasteiger partial charge in [-0.2, -0.15) is 0 Å². The largest absolute Gasteiger partial charge is 0.493 e. The number of aryl methyl sites for hydroxylation is 1. The topological polar surface area (TPSA) is 88.1 Å². The quantitative estimate of drug-likeness (QED) is 0.151. The number of hydrogen-bond donors (Lipinski definition) is 0. The van der Waals surface area contributed by atoms with Crippen molar-refractivity contribution in [2.24, 2.45) is 0 Å². The molecule has 0 saturated heterocycles. The van der Waals surface area contributed by atoms with Crippen LogP contribution in [0.15, 0.2) is 84.9 Å². The Labute approximate surface area is 210 Å². The fourth-order valence-electron chi connectivity index (χ4n) is 3.01. The molecule has 0 heterocycles. The Bertz CT molecular complexity index is 1190. The highest BCUT2D eigenvalue weighted by atomic mass is 16.5. The van der Waals surface area contributed by atoms with E-state index in [9.17, 15) is 14.4 Å². The van der Waals surface area contributed by atoms with Crippen LogP contribution in [0, 0.1) is 0 Å². The molecule has 3 aromatic carbocycles. The zero-order valence-corrected chi connectivity index (χ0v) is 20.3. The molecule has 0 amide bonds. The van der Waals surface area contributed by atoms with E-state index in [1.807, 2.05) is 12.1 Å². The molecule has 3 aromatic rings. The van der Waals surface area contributed by atoms with Crippen LogP contribution in [0.2, 0.25) is 0 Å². The van der Waals surface area contributed by atoms with Gasteiger partial charge in [0.25, 0.3) is 0 Å². The van der Waals surface area contributed by atoms with Crippen molar-refractivity contribution in [3.05, 3.63) is 102 Å². The van der Waals surface area contributed by atoms with Crippen molar-refractivity contribution in [3.63, 3.8) is 0 Å². The van der Waals surface area contributed by atoms with Crippen LogP contribution >= 0.6 is 0 Å². The minimum atomic E-state index is -0.542. The van der Waals surface area contributed by atoms with Gasteiger partial charge in [0.2, 0.25) is 0 Å². The maximum Gasteiger partial charge on any atom is 0.343 e. The summed E-state index contributed by atoms with van der Waals surface area (Å²) in [5.74, 6) is -0.129. The van der Waals surface area contributed by atoms with Gasteiger partial charge in [0.15, 0.2) is 0 Å². The Balaban J connectivity index is 1.46. The van der Waals surface area contributed by atoms with Gasteiger partial charge >= 0.3 is 17.9 Å². The molecular weight excluding hydrogens is 460 g/mol. The lowest BCUT2D eigenvalue weighted by atomic mass is 10.2. The van der Waals surface area contributed by atoms with Gasteiger partial charge in [-0.15, -0.1) is 0 Å². The third kappa shape index (κ3) is 7.84. The maximum atomic E-state index is 12.4. The number of benzene rings is 3. The molecule has 0 aliphatic carbocycles. The Morgan fingerprint density at radius 2 is 1.17 bits per heavy atom. The highest BCUT2D eigenvalue weighted by molar-refractivity contribution is 5.92. The fourth-order valence-corrected chi connectivity index (χ4v) is 3.01. The summed E-state index contributed by atoms with van der Waals surface area (Å²) >= 11 is 0. The summed E-state index contributed by atoms with van der Waals surface area (Å²) in [6, 6.07) is 20.0. The second-order valence-corrected chi connectivity index (χ2v) is 7.94. The summed E-state index contributed by atoms with van der Waals surface area (Å²) in [7, 11) is 0.